The summed E-state index contributed by atoms with van der Waals surface area (Å²) in [6.45, 7) is 7.91. The van der Waals surface area contributed by atoms with Gasteiger partial charge in [-0.2, -0.15) is 0 Å². The smallest absolute Gasteiger partial charge is 0.262 e. The highest BCUT2D eigenvalue weighted by Crippen LogP contribution is 2.32. The summed E-state index contributed by atoms with van der Waals surface area (Å²) >= 11 is 0. The fourth-order valence-corrected chi connectivity index (χ4v) is 3.32. The Morgan fingerprint density at radius 1 is 1.19 bits per heavy atom. The molecule has 0 saturated heterocycles. The van der Waals surface area contributed by atoms with E-state index in [-0.39, 0.29) is 28.8 Å². The first-order valence-electron chi connectivity index (χ1n) is 9.14. The number of pyridine rings is 1. The molecule has 3 N–H and O–H groups in total. The second-order valence-electron chi connectivity index (χ2n) is 7.25. The molecule has 2 rings (SSSR count). The molecule has 144 valence electrons. The quantitative estimate of drug-likeness (QED) is 0.489. The summed E-state index contributed by atoms with van der Waals surface area (Å²) in [5.41, 5.74) is 1.41. The predicted molar refractivity (Wildman–Crippen MR) is 107 cm³/mol. The number of hydrogen-bond acceptors (Lipinski definition) is 4. The van der Waals surface area contributed by atoms with Crippen LogP contribution in [-0.4, -0.2) is 21.0 Å². The second-order valence-corrected chi connectivity index (χ2v) is 7.25. The van der Waals surface area contributed by atoms with Crippen LogP contribution in [0.4, 0.5) is 0 Å². The number of hydrogen-bond donors (Lipinski definition) is 3. The van der Waals surface area contributed by atoms with Crippen LogP contribution in [0.2, 0.25) is 0 Å². The first-order chi connectivity index (χ1) is 12.7. The van der Waals surface area contributed by atoms with Crippen molar-refractivity contribution >= 4 is 5.78 Å². The minimum absolute atomic E-state index is 0.0954. The third-order valence-electron chi connectivity index (χ3n) is 4.86. The van der Waals surface area contributed by atoms with E-state index >= 15 is 0 Å². The molecule has 0 unspecified atom stereocenters. The molecule has 0 aliphatic carbocycles. The number of phenols is 1. The third kappa shape index (κ3) is 4.88. The van der Waals surface area contributed by atoms with Gasteiger partial charge in [0.25, 0.3) is 5.56 Å². The number of H-pyrrole nitrogens is 1. The highest BCUT2D eigenvalue weighted by atomic mass is 16.3. The lowest BCUT2D eigenvalue weighted by molar-refractivity contribution is 0.0909. The van der Waals surface area contributed by atoms with Crippen molar-refractivity contribution in [3.8, 4) is 22.6 Å². The van der Waals surface area contributed by atoms with Gasteiger partial charge in [-0.3, -0.25) is 9.59 Å². The number of aromatic hydroxyl groups is 2. The zero-order valence-electron chi connectivity index (χ0n) is 16.2. The van der Waals surface area contributed by atoms with Crippen LogP contribution in [0.1, 0.15) is 50.9 Å². The van der Waals surface area contributed by atoms with E-state index in [4.69, 9.17) is 0 Å². The van der Waals surface area contributed by atoms with Crippen LogP contribution >= 0.6 is 0 Å². The van der Waals surface area contributed by atoms with Gasteiger partial charge in [-0.15, -0.1) is 0 Å². The van der Waals surface area contributed by atoms with Crippen LogP contribution in [0.3, 0.4) is 0 Å². The molecule has 2 aromatic rings. The van der Waals surface area contributed by atoms with Gasteiger partial charge in [0, 0.05) is 17.7 Å². The molecule has 0 radical (unpaired) electrons. The molecule has 2 atom stereocenters. The number of ketones is 1. The summed E-state index contributed by atoms with van der Waals surface area (Å²) in [7, 11) is 0. The van der Waals surface area contributed by atoms with Crippen molar-refractivity contribution in [1.29, 1.82) is 0 Å². The lowest BCUT2D eigenvalue weighted by Gasteiger charge is -2.17. The number of rotatable bonds is 7. The topological polar surface area (TPSA) is 90.4 Å². The molecule has 1 aromatic heterocycles. The fourth-order valence-electron chi connectivity index (χ4n) is 3.32. The third-order valence-corrected chi connectivity index (χ3v) is 4.86. The van der Waals surface area contributed by atoms with E-state index in [1.807, 2.05) is 6.92 Å². The van der Waals surface area contributed by atoms with Gasteiger partial charge in [0.15, 0.2) is 5.78 Å². The number of Topliss-reactive ketones (excluding diaryl/α,β-unsaturated/α-hetero) is 1. The Balaban J connectivity index is 2.31. The van der Waals surface area contributed by atoms with Gasteiger partial charge in [-0.1, -0.05) is 37.6 Å². The molecular formula is C22H27NO4. The normalized spacial score (nSPS) is 14.0. The minimum Gasteiger partial charge on any atom is -0.508 e. The lowest BCUT2D eigenvalue weighted by atomic mass is 9.87. The molecule has 5 nitrogen and oxygen atoms in total. The van der Waals surface area contributed by atoms with E-state index in [0.717, 1.165) is 6.42 Å². The molecule has 1 aromatic carbocycles. The van der Waals surface area contributed by atoms with Crippen molar-refractivity contribution in [3.05, 3.63) is 58.0 Å². The van der Waals surface area contributed by atoms with Gasteiger partial charge in [-0.25, -0.2) is 0 Å². The Kier molecular flexibility index (Phi) is 6.61. The summed E-state index contributed by atoms with van der Waals surface area (Å²) in [5.74, 6) is -0.677. The van der Waals surface area contributed by atoms with Crippen molar-refractivity contribution in [2.75, 3.05) is 0 Å². The first kappa shape index (κ1) is 20.5. The molecule has 0 saturated carbocycles. The number of nitrogens with one attached hydrogen (secondary N) is 1. The Morgan fingerprint density at radius 3 is 2.41 bits per heavy atom. The van der Waals surface area contributed by atoms with Crippen LogP contribution < -0.4 is 5.56 Å². The predicted octanol–water partition coefficient (Wildman–Crippen LogP) is 4.65. The Labute approximate surface area is 159 Å². The van der Waals surface area contributed by atoms with Crippen molar-refractivity contribution < 1.29 is 15.0 Å². The van der Waals surface area contributed by atoms with Gasteiger partial charge in [0.1, 0.15) is 17.1 Å². The Hall–Kier alpha value is -2.82. The van der Waals surface area contributed by atoms with Crippen molar-refractivity contribution in [3.63, 3.8) is 0 Å². The highest BCUT2D eigenvalue weighted by molar-refractivity contribution is 6.01. The first-order valence-corrected chi connectivity index (χ1v) is 9.14. The average molecular weight is 369 g/mol. The van der Waals surface area contributed by atoms with Gasteiger partial charge in [0.05, 0.1) is 0 Å². The molecule has 0 spiro atoms. The van der Waals surface area contributed by atoms with E-state index in [1.165, 1.54) is 23.9 Å². The largest absolute Gasteiger partial charge is 0.508 e. The number of benzene rings is 1. The second kappa shape index (κ2) is 8.71. The van der Waals surface area contributed by atoms with Crippen LogP contribution in [0.5, 0.6) is 11.5 Å². The van der Waals surface area contributed by atoms with Gasteiger partial charge in [0.2, 0.25) is 0 Å². The van der Waals surface area contributed by atoms with Crippen molar-refractivity contribution in [1.82, 2.24) is 4.98 Å². The zero-order chi connectivity index (χ0) is 20.1. The molecule has 0 aliphatic rings. The van der Waals surface area contributed by atoms with Gasteiger partial charge < -0.3 is 15.2 Å². The SMILES string of the molecule is C/C=C(\C)C[C@H](C)C[C@H](C)C(=O)c1c(O)c(-c2ccc(O)cc2)c[nH]c1=O. The molecule has 5 heteroatoms. The summed E-state index contributed by atoms with van der Waals surface area (Å²) < 4.78 is 0. The maximum Gasteiger partial charge on any atom is 0.262 e. The molecule has 0 aliphatic heterocycles. The van der Waals surface area contributed by atoms with E-state index < -0.39 is 5.56 Å². The Morgan fingerprint density at radius 2 is 1.81 bits per heavy atom. The van der Waals surface area contributed by atoms with E-state index in [2.05, 4.69) is 24.9 Å². The molecular weight excluding hydrogens is 342 g/mol. The lowest BCUT2D eigenvalue weighted by Crippen LogP contribution is -2.24. The number of carbonyl (C=O) groups excluding carboxylic acids is 1. The van der Waals surface area contributed by atoms with Crippen LogP contribution in [0.25, 0.3) is 11.1 Å². The average Bonchev–Trinajstić information content (AvgIpc) is 2.62. The molecule has 0 bridgehead atoms. The number of aromatic nitrogens is 1. The monoisotopic (exact) mass is 369 g/mol. The van der Waals surface area contributed by atoms with Crippen LogP contribution in [0.15, 0.2) is 46.9 Å². The van der Waals surface area contributed by atoms with E-state index in [1.54, 1.807) is 19.1 Å². The summed E-state index contributed by atoms with van der Waals surface area (Å²) in [6.07, 6.45) is 4.96. The van der Waals surface area contributed by atoms with Crippen molar-refractivity contribution in [2.45, 2.75) is 40.5 Å². The molecule has 1 heterocycles. The minimum atomic E-state index is -0.593. The van der Waals surface area contributed by atoms with Crippen LogP contribution in [0, 0.1) is 11.8 Å². The maximum absolute atomic E-state index is 12.9. The Bertz CT molecular complexity index is 894. The highest BCUT2D eigenvalue weighted by Gasteiger charge is 2.25. The van der Waals surface area contributed by atoms with Crippen LogP contribution in [-0.2, 0) is 0 Å². The van der Waals surface area contributed by atoms with Gasteiger partial charge in [-0.05, 0) is 50.3 Å². The summed E-state index contributed by atoms with van der Waals surface area (Å²) in [4.78, 5) is 27.7. The zero-order valence-corrected chi connectivity index (χ0v) is 16.2. The van der Waals surface area contributed by atoms with Gasteiger partial charge >= 0.3 is 0 Å². The summed E-state index contributed by atoms with van der Waals surface area (Å²) in [5, 5.41) is 20.0. The van der Waals surface area contributed by atoms with Crippen molar-refractivity contribution in [2.24, 2.45) is 11.8 Å². The number of phenolic OH excluding ortho intramolecular Hbond substituents is 1. The standard InChI is InChI=1S/C22H27NO4/c1-5-13(2)10-14(3)11-15(4)20(25)19-21(26)18(12-23-22(19)27)16-6-8-17(24)9-7-16/h5-9,12,14-15,24H,10-11H2,1-4H3,(H2,23,26,27)/b13-5+/t14-,15-/m0/s1. The molecule has 27 heavy (non-hydrogen) atoms. The summed E-state index contributed by atoms with van der Waals surface area (Å²) in [6, 6.07) is 6.19. The number of allylic oxidation sites excluding steroid dienone is 2. The molecule has 0 amide bonds. The maximum atomic E-state index is 12.9. The number of carbonyl (C=O) groups is 1. The van der Waals surface area contributed by atoms with E-state index in [0.29, 0.717) is 23.5 Å². The number of aromatic amines is 1. The van der Waals surface area contributed by atoms with E-state index in [9.17, 15) is 19.8 Å². The molecule has 0 fully saturated rings. The fraction of sp³-hybridized carbons (Fsp3) is 0.364.